The second kappa shape index (κ2) is 10.7. The number of carbonyl (C=O) groups is 1. The average Bonchev–Trinajstić information content (AvgIpc) is 3.23. The van der Waals surface area contributed by atoms with Crippen LogP contribution in [0.1, 0.15) is 55.0 Å². The van der Waals surface area contributed by atoms with Crippen LogP contribution in [-0.2, 0) is 9.53 Å². The number of benzene rings is 3. The van der Waals surface area contributed by atoms with E-state index in [-0.39, 0.29) is 17.7 Å². The third-order valence-corrected chi connectivity index (χ3v) is 7.44. The predicted molar refractivity (Wildman–Crippen MR) is 148 cm³/mol. The van der Waals surface area contributed by atoms with Crippen LogP contribution in [0.2, 0.25) is 0 Å². The van der Waals surface area contributed by atoms with Gasteiger partial charge in [0.15, 0.2) is 4.80 Å². The number of fused-ring (bicyclic) bond motifs is 1. The summed E-state index contributed by atoms with van der Waals surface area (Å²) in [5.41, 5.74) is 3.83. The quantitative estimate of drug-likeness (QED) is 0.325. The second-order valence-corrected chi connectivity index (χ2v) is 10.3. The van der Waals surface area contributed by atoms with Gasteiger partial charge in [-0.15, -0.1) is 0 Å². The van der Waals surface area contributed by atoms with Gasteiger partial charge < -0.3 is 4.74 Å². The maximum atomic E-state index is 13.9. The molecule has 0 amide bonds. The van der Waals surface area contributed by atoms with Crippen molar-refractivity contribution in [2.75, 3.05) is 6.61 Å². The smallest absolute Gasteiger partial charge is 0.338 e. The van der Waals surface area contributed by atoms with Gasteiger partial charge in [0, 0.05) is 5.56 Å². The molecule has 0 bridgehead atoms. The molecule has 1 atom stereocenters. The molecule has 38 heavy (non-hydrogen) atoms. The van der Waals surface area contributed by atoms with E-state index in [1.54, 1.807) is 19.1 Å². The van der Waals surface area contributed by atoms with E-state index in [0.717, 1.165) is 11.1 Å². The van der Waals surface area contributed by atoms with Crippen molar-refractivity contribution in [2.45, 2.75) is 32.7 Å². The van der Waals surface area contributed by atoms with E-state index in [9.17, 15) is 14.0 Å². The minimum absolute atomic E-state index is 0.164. The SMILES string of the molecule is CCOC(=O)C1=C(c2ccccc2)N=c2s/c(=C\c3ccc(C(C)C)cc3)c(=O)n2[C@H]1c1ccc(F)cc1. The summed E-state index contributed by atoms with van der Waals surface area (Å²) in [6.45, 7) is 6.16. The number of rotatable bonds is 6. The van der Waals surface area contributed by atoms with Crippen LogP contribution in [-0.4, -0.2) is 17.1 Å². The Kier molecular flexibility index (Phi) is 7.20. The van der Waals surface area contributed by atoms with Crippen molar-refractivity contribution in [3.05, 3.63) is 132 Å². The molecule has 7 heteroatoms. The number of esters is 1. The Labute approximate surface area is 223 Å². The fourth-order valence-electron chi connectivity index (χ4n) is 4.53. The van der Waals surface area contributed by atoms with Crippen molar-refractivity contribution in [1.82, 2.24) is 4.57 Å². The maximum Gasteiger partial charge on any atom is 0.338 e. The van der Waals surface area contributed by atoms with E-state index in [4.69, 9.17) is 9.73 Å². The van der Waals surface area contributed by atoms with Crippen LogP contribution in [0.15, 0.2) is 94.2 Å². The molecule has 5 nitrogen and oxygen atoms in total. The Balaban J connectivity index is 1.78. The van der Waals surface area contributed by atoms with Crippen LogP contribution in [0, 0.1) is 5.82 Å². The number of aromatic nitrogens is 1. The highest BCUT2D eigenvalue weighted by Gasteiger charge is 2.35. The van der Waals surface area contributed by atoms with E-state index in [2.05, 4.69) is 26.0 Å². The van der Waals surface area contributed by atoms with Gasteiger partial charge in [-0.05, 0) is 47.7 Å². The monoisotopic (exact) mass is 526 g/mol. The molecule has 0 N–H and O–H groups in total. The van der Waals surface area contributed by atoms with Crippen molar-refractivity contribution in [3.63, 3.8) is 0 Å². The van der Waals surface area contributed by atoms with E-state index in [1.165, 1.54) is 33.6 Å². The van der Waals surface area contributed by atoms with Crippen LogP contribution >= 0.6 is 11.3 Å². The summed E-state index contributed by atoms with van der Waals surface area (Å²) in [5.74, 6) is -0.568. The molecule has 1 aliphatic rings. The lowest BCUT2D eigenvalue weighted by Gasteiger charge is -2.25. The summed E-state index contributed by atoms with van der Waals surface area (Å²) in [7, 11) is 0. The summed E-state index contributed by atoms with van der Waals surface area (Å²) in [6.07, 6.45) is 1.84. The maximum absolute atomic E-state index is 13.9. The summed E-state index contributed by atoms with van der Waals surface area (Å²) in [5, 5.41) is 0. The van der Waals surface area contributed by atoms with Crippen molar-refractivity contribution >= 4 is 29.1 Å². The van der Waals surface area contributed by atoms with Gasteiger partial charge in [0.25, 0.3) is 5.56 Å². The Bertz CT molecular complexity index is 1680. The van der Waals surface area contributed by atoms with Crippen molar-refractivity contribution in [1.29, 1.82) is 0 Å². The molecule has 0 radical (unpaired) electrons. The highest BCUT2D eigenvalue weighted by Crippen LogP contribution is 2.35. The average molecular weight is 527 g/mol. The molecule has 3 aromatic carbocycles. The minimum Gasteiger partial charge on any atom is -0.463 e. The molecule has 1 aliphatic heterocycles. The molecule has 0 saturated heterocycles. The van der Waals surface area contributed by atoms with Crippen molar-refractivity contribution < 1.29 is 13.9 Å². The number of hydrogen-bond acceptors (Lipinski definition) is 5. The third-order valence-electron chi connectivity index (χ3n) is 6.46. The lowest BCUT2D eigenvalue weighted by Crippen LogP contribution is -2.40. The topological polar surface area (TPSA) is 60.7 Å². The summed E-state index contributed by atoms with van der Waals surface area (Å²) >= 11 is 1.26. The lowest BCUT2D eigenvalue weighted by molar-refractivity contribution is -0.138. The van der Waals surface area contributed by atoms with Crippen LogP contribution in [0.5, 0.6) is 0 Å². The van der Waals surface area contributed by atoms with E-state index < -0.39 is 17.8 Å². The largest absolute Gasteiger partial charge is 0.463 e. The van der Waals surface area contributed by atoms with Crippen molar-refractivity contribution in [3.8, 4) is 0 Å². The van der Waals surface area contributed by atoms with Crippen molar-refractivity contribution in [2.24, 2.45) is 4.99 Å². The summed E-state index contributed by atoms with van der Waals surface area (Å²) in [6, 6.07) is 22.4. The summed E-state index contributed by atoms with van der Waals surface area (Å²) in [4.78, 5) is 32.5. The molecule has 1 aromatic heterocycles. The molecule has 0 spiro atoms. The zero-order valence-electron chi connectivity index (χ0n) is 21.4. The number of halogens is 1. The van der Waals surface area contributed by atoms with Crippen LogP contribution in [0.3, 0.4) is 0 Å². The Morgan fingerprint density at radius 3 is 2.37 bits per heavy atom. The molecule has 0 saturated carbocycles. The fraction of sp³-hybridized carbons (Fsp3) is 0.194. The molecule has 192 valence electrons. The molecule has 5 rings (SSSR count). The number of hydrogen-bond donors (Lipinski definition) is 0. The van der Waals surface area contributed by atoms with E-state index in [1.807, 2.05) is 48.5 Å². The molecular weight excluding hydrogens is 499 g/mol. The number of nitrogens with zero attached hydrogens (tertiary/aromatic N) is 2. The zero-order chi connectivity index (χ0) is 26.8. The van der Waals surface area contributed by atoms with Gasteiger partial charge in [0.05, 0.1) is 28.5 Å². The molecule has 0 aliphatic carbocycles. The molecular formula is C31H27FN2O3S. The first-order chi connectivity index (χ1) is 18.4. The van der Waals surface area contributed by atoms with E-state index >= 15 is 0 Å². The molecule has 4 aromatic rings. The van der Waals surface area contributed by atoms with Crippen LogP contribution in [0.4, 0.5) is 4.39 Å². The number of thiazole rings is 1. The highest BCUT2D eigenvalue weighted by molar-refractivity contribution is 7.07. The van der Waals surface area contributed by atoms with Gasteiger partial charge in [-0.25, -0.2) is 14.2 Å². The van der Waals surface area contributed by atoms with Gasteiger partial charge >= 0.3 is 5.97 Å². The molecule has 0 unspecified atom stereocenters. The van der Waals surface area contributed by atoms with Crippen LogP contribution < -0.4 is 14.9 Å². The lowest BCUT2D eigenvalue weighted by atomic mass is 9.93. The van der Waals surface area contributed by atoms with E-state index in [0.29, 0.717) is 26.5 Å². The zero-order valence-corrected chi connectivity index (χ0v) is 22.2. The Hall–Kier alpha value is -4.10. The third kappa shape index (κ3) is 4.89. The molecule has 0 fully saturated rings. The van der Waals surface area contributed by atoms with Crippen LogP contribution in [0.25, 0.3) is 11.8 Å². The van der Waals surface area contributed by atoms with Gasteiger partial charge in [-0.2, -0.15) is 0 Å². The number of ether oxygens (including phenoxy) is 1. The Morgan fingerprint density at radius 1 is 1.05 bits per heavy atom. The highest BCUT2D eigenvalue weighted by atomic mass is 32.1. The van der Waals surface area contributed by atoms with Gasteiger partial charge in [0.2, 0.25) is 0 Å². The van der Waals surface area contributed by atoms with Gasteiger partial charge in [0.1, 0.15) is 5.82 Å². The fourth-order valence-corrected chi connectivity index (χ4v) is 5.53. The predicted octanol–water partition coefficient (Wildman–Crippen LogP) is 5.20. The first kappa shape index (κ1) is 25.5. The van der Waals surface area contributed by atoms with Gasteiger partial charge in [-0.3, -0.25) is 9.36 Å². The Morgan fingerprint density at radius 2 is 1.74 bits per heavy atom. The number of carbonyl (C=O) groups excluding carboxylic acids is 1. The summed E-state index contributed by atoms with van der Waals surface area (Å²) < 4.78 is 21.3. The van der Waals surface area contributed by atoms with Gasteiger partial charge in [-0.1, -0.05) is 91.9 Å². The minimum atomic E-state index is -0.827. The first-order valence-corrected chi connectivity index (χ1v) is 13.3. The normalized spacial score (nSPS) is 15.4. The first-order valence-electron chi connectivity index (χ1n) is 12.5. The molecule has 2 heterocycles. The second-order valence-electron chi connectivity index (χ2n) is 9.30. The standard InChI is InChI=1S/C31H27FN2O3S/c1-4-37-30(36)26-27(22-8-6-5-7-9-22)33-31-34(28(26)23-14-16-24(32)17-15-23)29(35)25(38-31)18-20-10-12-21(13-11-20)19(2)3/h5-19,28H,4H2,1-3H3/b25-18-/t28-/m0/s1.